The van der Waals surface area contributed by atoms with Crippen LogP contribution < -0.4 is 14.4 Å². The second-order valence-corrected chi connectivity index (χ2v) is 8.16. The van der Waals surface area contributed by atoms with Gasteiger partial charge in [-0.2, -0.15) is 0 Å². The Morgan fingerprint density at radius 3 is 2.44 bits per heavy atom. The Kier molecular flexibility index (Phi) is 6.68. The van der Waals surface area contributed by atoms with E-state index in [1.165, 1.54) is 4.90 Å². The summed E-state index contributed by atoms with van der Waals surface area (Å²) in [6, 6.07) is 20.7. The average molecular weight is 458 g/mol. The summed E-state index contributed by atoms with van der Waals surface area (Å²) in [5.74, 6) is -0.549. The fourth-order valence-corrected chi connectivity index (χ4v) is 4.12. The molecule has 174 valence electrons. The van der Waals surface area contributed by atoms with Crippen LogP contribution in [0.3, 0.4) is 0 Å². The van der Waals surface area contributed by atoms with E-state index in [1.807, 2.05) is 38.1 Å². The minimum atomic E-state index is -0.799. The first-order valence-electron chi connectivity index (χ1n) is 11.2. The summed E-state index contributed by atoms with van der Waals surface area (Å²) in [6.07, 6.45) is 0.842. The zero-order chi connectivity index (χ0) is 24.2. The summed E-state index contributed by atoms with van der Waals surface area (Å²) in [5, 5.41) is 11.3. The Balaban J connectivity index is 1.90. The second kappa shape index (κ2) is 9.83. The van der Waals surface area contributed by atoms with Crippen molar-refractivity contribution in [1.29, 1.82) is 0 Å². The molecule has 0 aliphatic carbocycles. The first-order chi connectivity index (χ1) is 16.4. The fraction of sp³-hybridized carbons (Fsp3) is 0.214. The third-order valence-corrected chi connectivity index (χ3v) is 5.71. The molecule has 34 heavy (non-hydrogen) atoms. The smallest absolute Gasteiger partial charge is 0.300 e. The third kappa shape index (κ3) is 4.39. The number of hydrogen-bond acceptors (Lipinski definition) is 5. The molecular formula is C28H27NO5. The number of Topliss-reactive ketones (excluding diaryl/α,β-unsaturated/α-hetero) is 1. The zero-order valence-corrected chi connectivity index (χ0v) is 19.4. The number of aliphatic hydroxyl groups excluding tert-OH is 1. The zero-order valence-electron chi connectivity index (χ0n) is 19.4. The van der Waals surface area contributed by atoms with Gasteiger partial charge >= 0.3 is 0 Å². The fourth-order valence-electron chi connectivity index (χ4n) is 4.12. The lowest BCUT2D eigenvalue weighted by Crippen LogP contribution is -2.29. The summed E-state index contributed by atoms with van der Waals surface area (Å²) in [7, 11) is 1.54. The van der Waals surface area contributed by atoms with Crippen molar-refractivity contribution in [2.24, 2.45) is 0 Å². The van der Waals surface area contributed by atoms with E-state index in [2.05, 4.69) is 0 Å². The highest BCUT2D eigenvalue weighted by Gasteiger charge is 2.47. The number of ketones is 1. The number of rotatable bonds is 7. The Morgan fingerprint density at radius 2 is 1.71 bits per heavy atom. The van der Waals surface area contributed by atoms with Gasteiger partial charge in [-0.25, -0.2) is 0 Å². The van der Waals surface area contributed by atoms with Crippen molar-refractivity contribution in [3.63, 3.8) is 0 Å². The van der Waals surface area contributed by atoms with E-state index in [-0.39, 0.29) is 11.3 Å². The lowest BCUT2D eigenvalue weighted by molar-refractivity contribution is -0.132. The van der Waals surface area contributed by atoms with Crippen LogP contribution in [0.5, 0.6) is 11.5 Å². The van der Waals surface area contributed by atoms with Gasteiger partial charge in [0.25, 0.3) is 11.7 Å². The maximum atomic E-state index is 13.3. The maximum Gasteiger partial charge on any atom is 0.300 e. The molecule has 1 aliphatic heterocycles. The number of benzene rings is 3. The normalized spacial score (nSPS) is 17.1. The molecule has 6 heteroatoms. The molecule has 1 atom stereocenters. The van der Waals surface area contributed by atoms with Gasteiger partial charge in [-0.05, 0) is 43.2 Å². The standard InChI is InChI=1S/C28H27NO5/c1-4-14-34-23-13-6-10-20(16-23)26(30)24-25(19-9-5-8-18(2)15-19)29(28(32)27(24)31)21-11-7-12-22(17-21)33-3/h5-13,15-17,25,30H,4,14H2,1-3H3/b26-24+. The Hall–Kier alpha value is -4.06. The Morgan fingerprint density at radius 1 is 0.971 bits per heavy atom. The molecule has 1 amide bonds. The van der Waals surface area contributed by atoms with Gasteiger partial charge in [0.05, 0.1) is 25.3 Å². The topological polar surface area (TPSA) is 76.1 Å². The van der Waals surface area contributed by atoms with E-state index in [4.69, 9.17) is 9.47 Å². The Labute approximate surface area is 199 Å². The molecule has 3 aromatic rings. The molecule has 1 unspecified atom stereocenters. The van der Waals surface area contributed by atoms with Crippen LogP contribution >= 0.6 is 0 Å². The van der Waals surface area contributed by atoms with Crippen molar-refractivity contribution in [1.82, 2.24) is 0 Å². The highest BCUT2D eigenvalue weighted by Crippen LogP contribution is 2.43. The second-order valence-electron chi connectivity index (χ2n) is 8.16. The van der Waals surface area contributed by atoms with Crippen LogP contribution in [-0.2, 0) is 9.59 Å². The highest BCUT2D eigenvalue weighted by molar-refractivity contribution is 6.51. The van der Waals surface area contributed by atoms with Crippen molar-refractivity contribution >= 4 is 23.1 Å². The quantitative estimate of drug-likeness (QED) is 0.291. The van der Waals surface area contributed by atoms with Crippen LogP contribution in [0.15, 0.2) is 78.4 Å². The van der Waals surface area contributed by atoms with Crippen LogP contribution in [0.1, 0.15) is 36.1 Å². The summed E-state index contributed by atoms with van der Waals surface area (Å²) >= 11 is 0. The van der Waals surface area contributed by atoms with Crippen molar-refractivity contribution in [2.45, 2.75) is 26.3 Å². The minimum absolute atomic E-state index is 0.0334. The molecule has 4 rings (SSSR count). The van der Waals surface area contributed by atoms with Crippen LogP contribution in [0.4, 0.5) is 5.69 Å². The van der Waals surface area contributed by atoms with Gasteiger partial charge in [0.2, 0.25) is 0 Å². The van der Waals surface area contributed by atoms with Gasteiger partial charge in [-0.15, -0.1) is 0 Å². The number of carbonyl (C=O) groups is 2. The number of aliphatic hydroxyl groups is 1. The SMILES string of the molecule is CCCOc1cccc(/C(O)=C2\C(=O)C(=O)N(c3cccc(OC)c3)C2c2cccc(C)c2)c1. The number of methoxy groups -OCH3 is 1. The van der Waals surface area contributed by atoms with Crippen molar-refractivity contribution in [2.75, 3.05) is 18.6 Å². The highest BCUT2D eigenvalue weighted by atomic mass is 16.5. The number of anilines is 1. The molecule has 0 spiro atoms. The van der Waals surface area contributed by atoms with Crippen LogP contribution in [0, 0.1) is 6.92 Å². The summed E-state index contributed by atoms with van der Waals surface area (Å²) in [5.41, 5.74) is 2.65. The number of carbonyl (C=O) groups excluding carboxylic acids is 2. The molecule has 0 aromatic heterocycles. The number of ether oxygens (including phenoxy) is 2. The van der Waals surface area contributed by atoms with Crippen molar-refractivity contribution in [3.05, 3.63) is 95.1 Å². The predicted octanol–water partition coefficient (Wildman–Crippen LogP) is 5.42. The monoisotopic (exact) mass is 457 g/mol. The molecule has 1 heterocycles. The van der Waals surface area contributed by atoms with E-state index in [1.54, 1.807) is 55.6 Å². The average Bonchev–Trinajstić information content (AvgIpc) is 3.12. The molecule has 0 saturated carbocycles. The summed E-state index contributed by atoms with van der Waals surface area (Å²) in [6.45, 7) is 4.48. The third-order valence-electron chi connectivity index (χ3n) is 5.71. The van der Waals surface area contributed by atoms with E-state index in [0.717, 1.165) is 17.5 Å². The molecule has 1 N–H and O–H groups in total. The van der Waals surface area contributed by atoms with Gasteiger partial charge in [0.1, 0.15) is 17.3 Å². The maximum absolute atomic E-state index is 13.3. The van der Waals surface area contributed by atoms with Crippen molar-refractivity contribution in [3.8, 4) is 11.5 Å². The van der Waals surface area contributed by atoms with E-state index >= 15 is 0 Å². The number of aryl methyl sites for hydroxylation is 1. The van der Waals surface area contributed by atoms with Crippen LogP contribution in [0.2, 0.25) is 0 Å². The summed E-state index contributed by atoms with van der Waals surface area (Å²) in [4.78, 5) is 28.0. The number of nitrogens with zero attached hydrogens (tertiary/aromatic N) is 1. The molecule has 1 fully saturated rings. The van der Waals surface area contributed by atoms with Gasteiger partial charge < -0.3 is 14.6 Å². The lowest BCUT2D eigenvalue weighted by Gasteiger charge is -2.26. The first kappa shape index (κ1) is 23.1. The largest absolute Gasteiger partial charge is 0.507 e. The first-order valence-corrected chi connectivity index (χ1v) is 11.2. The molecule has 6 nitrogen and oxygen atoms in total. The summed E-state index contributed by atoms with van der Waals surface area (Å²) < 4.78 is 11.0. The van der Waals surface area contributed by atoms with E-state index < -0.39 is 17.7 Å². The number of amides is 1. The predicted molar refractivity (Wildman–Crippen MR) is 131 cm³/mol. The molecule has 1 saturated heterocycles. The Bertz CT molecular complexity index is 1260. The van der Waals surface area contributed by atoms with Gasteiger partial charge in [0, 0.05) is 17.3 Å². The molecule has 0 bridgehead atoms. The number of hydrogen-bond donors (Lipinski definition) is 1. The van der Waals surface area contributed by atoms with Gasteiger partial charge in [-0.1, -0.05) is 55.0 Å². The lowest BCUT2D eigenvalue weighted by atomic mass is 9.94. The molecular weight excluding hydrogens is 430 g/mol. The van der Waals surface area contributed by atoms with E-state index in [9.17, 15) is 14.7 Å². The van der Waals surface area contributed by atoms with Crippen LogP contribution in [0.25, 0.3) is 5.76 Å². The van der Waals surface area contributed by atoms with Gasteiger partial charge in [0.15, 0.2) is 0 Å². The minimum Gasteiger partial charge on any atom is -0.507 e. The van der Waals surface area contributed by atoms with Gasteiger partial charge in [-0.3, -0.25) is 14.5 Å². The molecule has 0 radical (unpaired) electrons. The van der Waals surface area contributed by atoms with Crippen LogP contribution in [-0.4, -0.2) is 30.5 Å². The van der Waals surface area contributed by atoms with Crippen molar-refractivity contribution < 1.29 is 24.2 Å². The molecule has 1 aliphatic rings. The molecule has 3 aromatic carbocycles. The van der Waals surface area contributed by atoms with E-state index in [0.29, 0.717) is 29.4 Å².